The van der Waals surface area contributed by atoms with E-state index < -0.39 is 0 Å². The summed E-state index contributed by atoms with van der Waals surface area (Å²) in [5.74, 6) is 2.67. The topological polar surface area (TPSA) is 56.0 Å². The standard InChI is InChI=1S/C19H22N2OS/c1-10-2-3-14-15(20)16(23-18(14)21-10)17(22)19-7-11-4-12(8-19)6-13(5-11)9-19/h2-3,11-13H,4-9,20H2,1H3. The molecule has 4 bridgehead atoms. The van der Waals surface area contributed by atoms with Crippen LogP contribution in [0, 0.1) is 30.1 Å². The molecular formula is C19H22N2OS. The van der Waals surface area contributed by atoms with Gasteiger partial charge in [0.15, 0.2) is 5.78 Å². The summed E-state index contributed by atoms with van der Waals surface area (Å²) in [6, 6.07) is 3.99. The van der Waals surface area contributed by atoms with Gasteiger partial charge in [-0.05, 0) is 75.3 Å². The molecule has 4 aliphatic carbocycles. The summed E-state index contributed by atoms with van der Waals surface area (Å²) in [7, 11) is 0. The van der Waals surface area contributed by atoms with Gasteiger partial charge in [-0.3, -0.25) is 4.79 Å². The second kappa shape index (κ2) is 4.56. The highest BCUT2D eigenvalue weighted by molar-refractivity contribution is 7.21. The molecule has 2 aromatic heterocycles. The molecule has 4 fully saturated rings. The third-order valence-electron chi connectivity index (χ3n) is 6.46. The van der Waals surface area contributed by atoms with E-state index in [9.17, 15) is 4.79 Å². The van der Waals surface area contributed by atoms with Gasteiger partial charge in [-0.2, -0.15) is 0 Å². The Labute approximate surface area is 140 Å². The summed E-state index contributed by atoms with van der Waals surface area (Å²) in [5, 5.41) is 0.952. The third kappa shape index (κ3) is 1.94. The summed E-state index contributed by atoms with van der Waals surface area (Å²) in [6.45, 7) is 1.98. The van der Waals surface area contributed by atoms with Crippen LogP contribution in [-0.2, 0) is 0 Å². The predicted molar refractivity (Wildman–Crippen MR) is 93.7 cm³/mol. The summed E-state index contributed by atoms with van der Waals surface area (Å²) >= 11 is 1.51. The first-order chi connectivity index (χ1) is 11.0. The monoisotopic (exact) mass is 326 g/mol. The number of aryl methyl sites for hydroxylation is 1. The van der Waals surface area contributed by atoms with Crippen molar-refractivity contribution in [2.24, 2.45) is 23.2 Å². The van der Waals surface area contributed by atoms with Gasteiger partial charge in [0.25, 0.3) is 0 Å². The number of rotatable bonds is 2. The molecule has 2 N–H and O–H groups in total. The van der Waals surface area contributed by atoms with Crippen molar-refractivity contribution >= 4 is 33.0 Å². The van der Waals surface area contributed by atoms with Crippen LogP contribution in [0.4, 0.5) is 5.69 Å². The Kier molecular flexibility index (Phi) is 2.77. The van der Waals surface area contributed by atoms with E-state index in [0.717, 1.165) is 57.8 Å². The van der Waals surface area contributed by atoms with Crippen molar-refractivity contribution in [1.29, 1.82) is 0 Å². The Bertz CT molecular complexity index is 787. The molecule has 0 radical (unpaired) electrons. The molecule has 3 nitrogen and oxygen atoms in total. The zero-order valence-corrected chi connectivity index (χ0v) is 14.3. The Morgan fingerprint density at radius 3 is 2.39 bits per heavy atom. The molecule has 0 amide bonds. The average Bonchev–Trinajstić information content (AvgIpc) is 2.81. The number of ketones is 1. The maximum absolute atomic E-state index is 13.5. The molecule has 0 aliphatic heterocycles. The van der Waals surface area contributed by atoms with E-state index in [1.807, 2.05) is 19.1 Å². The van der Waals surface area contributed by atoms with Crippen LogP contribution in [-0.4, -0.2) is 10.8 Å². The molecule has 0 unspecified atom stereocenters. The normalized spacial score (nSPS) is 35.1. The largest absolute Gasteiger partial charge is 0.397 e. The summed E-state index contributed by atoms with van der Waals surface area (Å²) in [4.78, 5) is 19.7. The number of fused-ring (bicyclic) bond motifs is 1. The van der Waals surface area contributed by atoms with Crippen molar-refractivity contribution in [1.82, 2.24) is 4.98 Å². The zero-order chi connectivity index (χ0) is 15.8. The van der Waals surface area contributed by atoms with E-state index in [4.69, 9.17) is 5.73 Å². The van der Waals surface area contributed by atoms with Crippen molar-refractivity contribution in [3.8, 4) is 0 Å². The van der Waals surface area contributed by atoms with Crippen LogP contribution in [0.1, 0.15) is 53.9 Å². The number of hydrogen-bond acceptors (Lipinski definition) is 4. The molecule has 2 aromatic rings. The molecule has 6 rings (SSSR count). The van der Waals surface area contributed by atoms with Gasteiger partial charge >= 0.3 is 0 Å². The second-order valence-corrected chi connectivity index (χ2v) is 9.18. The van der Waals surface area contributed by atoms with Crippen LogP contribution in [0.2, 0.25) is 0 Å². The number of Topliss-reactive ketones (excluding diaryl/α,β-unsaturated/α-hetero) is 1. The highest BCUT2D eigenvalue weighted by atomic mass is 32.1. The second-order valence-electron chi connectivity index (χ2n) is 8.18. The summed E-state index contributed by atoms with van der Waals surface area (Å²) in [6.07, 6.45) is 7.35. The number of anilines is 1. The molecule has 0 atom stereocenters. The third-order valence-corrected chi connectivity index (χ3v) is 7.57. The minimum absolute atomic E-state index is 0.112. The van der Waals surface area contributed by atoms with Crippen LogP contribution in [0.25, 0.3) is 10.2 Å². The van der Waals surface area contributed by atoms with Gasteiger partial charge in [0.2, 0.25) is 0 Å². The van der Waals surface area contributed by atoms with Crippen LogP contribution in [0.5, 0.6) is 0 Å². The van der Waals surface area contributed by atoms with Crippen LogP contribution >= 0.6 is 11.3 Å². The molecule has 4 heteroatoms. The Hall–Kier alpha value is -1.42. The van der Waals surface area contributed by atoms with Crippen molar-refractivity contribution in [2.75, 3.05) is 5.73 Å². The van der Waals surface area contributed by atoms with E-state index >= 15 is 0 Å². The number of hydrogen-bond donors (Lipinski definition) is 1. The first kappa shape index (κ1) is 14.0. The lowest BCUT2D eigenvalue weighted by Crippen LogP contribution is -2.49. The minimum atomic E-state index is -0.112. The highest BCUT2D eigenvalue weighted by Crippen LogP contribution is 2.61. The van der Waals surface area contributed by atoms with Gasteiger partial charge < -0.3 is 5.73 Å². The van der Waals surface area contributed by atoms with E-state index in [1.165, 1.54) is 30.6 Å². The fraction of sp³-hybridized carbons (Fsp3) is 0.579. The Morgan fingerprint density at radius 1 is 1.17 bits per heavy atom. The number of thiophene rings is 1. The molecule has 4 saturated carbocycles. The summed E-state index contributed by atoms with van der Waals surface area (Å²) < 4.78 is 0. The lowest BCUT2D eigenvalue weighted by atomic mass is 9.48. The van der Waals surface area contributed by atoms with Gasteiger partial charge in [0.1, 0.15) is 4.83 Å². The first-order valence-electron chi connectivity index (χ1n) is 8.74. The molecule has 120 valence electrons. The van der Waals surface area contributed by atoms with Crippen molar-refractivity contribution in [3.05, 3.63) is 22.7 Å². The summed E-state index contributed by atoms with van der Waals surface area (Å²) in [5.41, 5.74) is 7.89. The van der Waals surface area contributed by atoms with Gasteiger partial charge in [0.05, 0.1) is 10.6 Å². The SMILES string of the molecule is Cc1ccc2c(N)c(C(=O)C34CC5CC(CC(C5)C3)C4)sc2n1. The zero-order valence-electron chi connectivity index (χ0n) is 13.5. The molecule has 23 heavy (non-hydrogen) atoms. The fourth-order valence-electron chi connectivity index (χ4n) is 5.89. The maximum Gasteiger partial charge on any atom is 0.181 e. The maximum atomic E-state index is 13.5. The number of nitrogens with zero attached hydrogens (tertiary/aromatic N) is 1. The number of nitrogen functional groups attached to an aromatic ring is 1. The highest BCUT2D eigenvalue weighted by Gasteiger charge is 2.55. The molecule has 0 saturated heterocycles. The molecule has 4 aliphatic rings. The number of nitrogens with two attached hydrogens (primary N) is 1. The molecule has 0 spiro atoms. The van der Waals surface area contributed by atoms with E-state index in [1.54, 1.807) is 0 Å². The van der Waals surface area contributed by atoms with Crippen LogP contribution in [0.15, 0.2) is 12.1 Å². The van der Waals surface area contributed by atoms with Gasteiger partial charge in [0, 0.05) is 16.5 Å². The van der Waals surface area contributed by atoms with Crippen LogP contribution < -0.4 is 5.73 Å². The van der Waals surface area contributed by atoms with E-state index in [2.05, 4.69) is 4.98 Å². The van der Waals surface area contributed by atoms with Crippen molar-refractivity contribution in [2.45, 2.75) is 45.4 Å². The average molecular weight is 326 g/mol. The molecule has 2 heterocycles. The van der Waals surface area contributed by atoms with Gasteiger partial charge in [-0.15, -0.1) is 11.3 Å². The number of aromatic nitrogens is 1. The van der Waals surface area contributed by atoms with Gasteiger partial charge in [-0.1, -0.05) is 0 Å². The van der Waals surface area contributed by atoms with E-state index in [-0.39, 0.29) is 5.41 Å². The molecular weight excluding hydrogens is 304 g/mol. The number of pyridine rings is 1. The molecule has 0 aromatic carbocycles. The predicted octanol–water partition coefficient (Wildman–Crippen LogP) is 4.59. The lowest BCUT2D eigenvalue weighted by Gasteiger charge is -2.55. The number of carbonyl (C=O) groups is 1. The van der Waals surface area contributed by atoms with Crippen molar-refractivity contribution in [3.63, 3.8) is 0 Å². The van der Waals surface area contributed by atoms with Crippen LogP contribution in [0.3, 0.4) is 0 Å². The lowest BCUT2D eigenvalue weighted by molar-refractivity contribution is -0.0350. The van der Waals surface area contributed by atoms with E-state index in [0.29, 0.717) is 11.5 Å². The smallest absolute Gasteiger partial charge is 0.181 e. The first-order valence-corrected chi connectivity index (χ1v) is 9.56. The Morgan fingerprint density at radius 2 is 1.78 bits per heavy atom. The Balaban J connectivity index is 1.59. The number of carbonyl (C=O) groups excluding carboxylic acids is 1. The quantitative estimate of drug-likeness (QED) is 0.821. The fourth-order valence-corrected chi connectivity index (χ4v) is 7.09. The van der Waals surface area contributed by atoms with Gasteiger partial charge in [-0.25, -0.2) is 4.98 Å². The minimum Gasteiger partial charge on any atom is -0.397 e. The van der Waals surface area contributed by atoms with Crippen molar-refractivity contribution < 1.29 is 4.79 Å².